The minimum atomic E-state index is -0.165. The Hall–Kier alpha value is -2.15. The molecule has 2 saturated heterocycles. The highest BCUT2D eigenvalue weighted by Crippen LogP contribution is 2.31. The van der Waals surface area contributed by atoms with Crippen molar-refractivity contribution in [2.75, 3.05) is 39.5 Å². The molecule has 2 aliphatic rings. The van der Waals surface area contributed by atoms with Crippen molar-refractivity contribution in [3.05, 3.63) is 23.9 Å². The number of nitrogens with zero attached hydrogens (tertiary/aromatic N) is 4. The molecule has 7 nitrogen and oxygen atoms in total. The predicted octanol–water partition coefficient (Wildman–Crippen LogP) is 1.23. The second-order valence-corrected chi connectivity index (χ2v) is 6.95. The first-order valence-electron chi connectivity index (χ1n) is 8.38. The van der Waals surface area contributed by atoms with E-state index in [-0.39, 0.29) is 23.9 Å². The highest BCUT2D eigenvalue weighted by molar-refractivity contribution is 5.90. The Morgan fingerprint density at radius 2 is 2.25 bits per heavy atom. The van der Waals surface area contributed by atoms with Crippen molar-refractivity contribution in [1.82, 2.24) is 19.7 Å². The number of likely N-dealkylation sites (N-methyl/N-ethyl adjacent to an activating group) is 1. The molecule has 1 aromatic rings. The molecule has 0 radical (unpaired) electrons. The Morgan fingerprint density at radius 1 is 1.46 bits per heavy atom. The minimum Gasteiger partial charge on any atom is -0.343 e. The van der Waals surface area contributed by atoms with Crippen LogP contribution in [-0.4, -0.2) is 71.9 Å². The van der Waals surface area contributed by atoms with Crippen LogP contribution in [0.15, 0.2) is 18.3 Å². The second-order valence-electron chi connectivity index (χ2n) is 6.95. The van der Waals surface area contributed by atoms with E-state index in [0.29, 0.717) is 18.9 Å². The van der Waals surface area contributed by atoms with E-state index in [1.54, 1.807) is 16.0 Å². The number of hydrogen-bond acceptors (Lipinski definition) is 4. The zero-order chi connectivity index (χ0) is 17.3. The molecule has 0 bridgehead atoms. The molecular weight excluding hydrogens is 306 g/mol. The third-order valence-corrected chi connectivity index (χ3v) is 4.75. The lowest BCUT2D eigenvalue weighted by atomic mass is 9.92. The average Bonchev–Trinajstić information content (AvgIpc) is 2.82. The van der Waals surface area contributed by atoms with Gasteiger partial charge in [0, 0.05) is 32.9 Å². The first-order valence-corrected chi connectivity index (χ1v) is 8.38. The maximum Gasteiger partial charge on any atom is 0.323 e. The van der Waals surface area contributed by atoms with Crippen LogP contribution in [0.3, 0.4) is 0 Å². The average molecular weight is 331 g/mol. The Bertz CT molecular complexity index is 633. The number of rotatable bonds is 3. The lowest BCUT2D eigenvalue weighted by Crippen LogP contribution is -2.50. The number of hydrogen-bond donors (Lipinski definition) is 1. The van der Waals surface area contributed by atoms with Gasteiger partial charge in [0.2, 0.25) is 5.91 Å². The molecule has 0 aromatic carbocycles. The number of amides is 3. The van der Waals surface area contributed by atoms with Gasteiger partial charge in [-0.1, -0.05) is 0 Å². The monoisotopic (exact) mass is 331 g/mol. The maximum absolute atomic E-state index is 12.7. The molecule has 1 aromatic heterocycles. The van der Waals surface area contributed by atoms with E-state index in [9.17, 15) is 9.59 Å². The van der Waals surface area contributed by atoms with Gasteiger partial charge < -0.3 is 14.7 Å². The van der Waals surface area contributed by atoms with Crippen LogP contribution in [0.5, 0.6) is 0 Å². The molecule has 0 spiro atoms. The van der Waals surface area contributed by atoms with E-state index < -0.39 is 0 Å². The third kappa shape index (κ3) is 3.36. The van der Waals surface area contributed by atoms with Crippen molar-refractivity contribution in [2.45, 2.75) is 25.4 Å². The summed E-state index contributed by atoms with van der Waals surface area (Å²) in [6.07, 6.45) is 3.44. The van der Waals surface area contributed by atoms with E-state index in [4.69, 9.17) is 0 Å². The van der Waals surface area contributed by atoms with Crippen molar-refractivity contribution in [3.63, 3.8) is 0 Å². The molecular formula is C17H25N5O2. The van der Waals surface area contributed by atoms with Gasteiger partial charge in [-0.15, -0.1) is 0 Å². The summed E-state index contributed by atoms with van der Waals surface area (Å²) in [6, 6.07) is 3.64. The van der Waals surface area contributed by atoms with Crippen LogP contribution < -0.4 is 5.32 Å². The Morgan fingerprint density at radius 3 is 3.00 bits per heavy atom. The van der Waals surface area contributed by atoms with Crippen molar-refractivity contribution in [3.8, 4) is 0 Å². The predicted molar refractivity (Wildman–Crippen MR) is 91.5 cm³/mol. The fourth-order valence-electron chi connectivity index (χ4n) is 3.66. The third-order valence-electron chi connectivity index (χ3n) is 4.75. The number of pyridine rings is 1. The highest BCUT2D eigenvalue weighted by atomic mass is 16.2. The largest absolute Gasteiger partial charge is 0.343 e. The molecule has 3 rings (SSSR count). The molecule has 0 saturated carbocycles. The number of aromatic nitrogens is 1. The molecule has 2 atom stereocenters. The second kappa shape index (κ2) is 6.76. The Kier molecular flexibility index (Phi) is 4.71. The van der Waals surface area contributed by atoms with E-state index >= 15 is 0 Å². The van der Waals surface area contributed by atoms with E-state index in [1.807, 2.05) is 33.3 Å². The van der Waals surface area contributed by atoms with E-state index in [1.165, 1.54) is 0 Å². The molecule has 0 aliphatic carbocycles. The summed E-state index contributed by atoms with van der Waals surface area (Å²) >= 11 is 0. The Labute approximate surface area is 142 Å². The van der Waals surface area contributed by atoms with Crippen LogP contribution in [0.2, 0.25) is 0 Å². The summed E-state index contributed by atoms with van der Waals surface area (Å²) in [4.78, 5) is 34.7. The van der Waals surface area contributed by atoms with E-state index in [2.05, 4.69) is 15.2 Å². The fourth-order valence-corrected chi connectivity index (χ4v) is 3.66. The first-order chi connectivity index (χ1) is 11.5. The van der Waals surface area contributed by atoms with E-state index in [0.717, 1.165) is 24.9 Å². The van der Waals surface area contributed by atoms with Gasteiger partial charge in [-0.2, -0.15) is 0 Å². The number of carbonyl (C=O) groups is 2. The number of nitrogens with one attached hydrogen (secondary N) is 1. The van der Waals surface area contributed by atoms with Gasteiger partial charge >= 0.3 is 6.03 Å². The number of carbonyl (C=O) groups excluding carboxylic acids is 2. The number of fused-ring (bicyclic) bond motifs is 1. The Balaban J connectivity index is 1.69. The van der Waals surface area contributed by atoms with Crippen LogP contribution >= 0.6 is 0 Å². The van der Waals surface area contributed by atoms with Gasteiger partial charge in [0.05, 0.1) is 12.0 Å². The first kappa shape index (κ1) is 16.7. The fraction of sp³-hybridized carbons (Fsp3) is 0.588. The summed E-state index contributed by atoms with van der Waals surface area (Å²) in [7, 11) is 5.81. The molecule has 130 valence electrons. The quantitative estimate of drug-likeness (QED) is 0.904. The topological polar surface area (TPSA) is 68.8 Å². The highest BCUT2D eigenvalue weighted by Gasteiger charge is 2.45. The van der Waals surface area contributed by atoms with Gasteiger partial charge in [0.1, 0.15) is 5.82 Å². The normalized spacial score (nSPS) is 23.6. The van der Waals surface area contributed by atoms with Crippen LogP contribution in [0.25, 0.3) is 0 Å². The number of likely N-dealkylation sites (tertiary alicyclic amines) is 2. The van der Waals surface area contributed by atoms with Crippen LogP contribution in [-0.2, 0) is 11.3 Å². The lowest BCUT2D eigenvalue weighted by molar-refractivity contribution is -0.130. The summed E-state index contributed by atoms with van der Waals surface area (Å²) in [5.41, 5.74) is 1.09. The molecule has 7 heteroatoms. The van der Waals surface area contributed by atoms with Gasteiger partial charge in [0.25, 0.3) is 0 Å². The van der Waals surface area contributed by atoms with Crippen molar-refractivity contribution in [2.24, 2.45) is 5.92 Å². The van der Waals surface area contributed by atoms with Gasteiger partial charge in [-0.3, -0.25) is 10.1 Å². The van der Waals surface area contributed by atoms with Crippen molar-refractivity contribution < 1.29 is 9.59 Å². The SMILES string of the molecule is CN(C)Cc1ccnc(NC(=O)N2CCC[C@H]3C(=O)N(C)C[C@H]32)c1. The lowest BCUT2D eigenvalue weighted by Gasteiger charge is -2.35. The summed E-state index contributed by atoms with van der Waals surface area (Å²) in [5.74, 6) is 0.658. The maximum atomic E-state index is 12.7. The summed E-state index contributed by atoms with van der Waals surface area (Å²) in [5, 5.41) is 2.90. The van der Waals surface area contributed by atoms with Crippen molar-refractivity contribution in [1.29, 1.82) is 0 Å². The smallest absolute Gasteiger partial charge is 0.323 e. The van der Waals surface area contributed by atoms with Crippen molar-refractivity contribution >= 4 is 17.8 Å². The van der Waals surface area contributed by atoms with Gasteiger partial charge in [-0.05, 0) is 44.6 Å². The molecule has 3 amide bonds. The zero-order valence-electron chi connectivity index (χ0n) is 14.5. The van der Waals surface area contributed by atoms with Gasteiger partial charge in [0.15, 0.2) is 0 Å². The summed E-state index contributed by atoms with van der Waals surface area (Å²) < 4.78 is 0. The van der Waals surface area contributed by atoms with Gasteiger partial charge in [-0.25, -0.2) is 9.78 Å². The molecule has 3 heterocycles. The number of piperidine rings is 1. The molecule has 24 heavy (non-hydrogen) atoms. The van der Waals surface area contributed by atoms with Crippen LogP contribution in [0.1, 0.15) is 18.4 Å². The minimum absolute atomic E-state index is 0.0267. The van der Waals surface area contributed by atoms with Crippen LogP contribution in [0.4, 0.5) is 10.6 Å². The summed E-state index contributed by atoms with van der Waals surface area (Å²) in [6.45, 7) is 2.09. The number of urea groups is 1. The molecule has 0 unspecified atom stereocenters. The number of anilines is 1. The van der Waals surface area contributed by atoms with Crippen LogP contribution in [0, 0.1) is 5.92 Å². The molecule has 2 fully saturated rings. The zero-order valence-corrected chi connectivity index (χ0v) is 14.5. The standard InChI is InChI=1S/C17H25N5O2/c1-20(2)10-12-6-7-18-15(9-12)19-17(24)22-8-4-5-13-14(22)11-21(3)16(13)23/h6-7,9,13-14H,4-5,8,10-11H2,1-3H3,(H,18,19,24)/t13-,14-/m1/s1. The molecule has 2 aliphatic heterocycles. The molecule has 1 N–H and O–H groups in total.